The molecule has 0 spiro atoms. The average molecular weight is 268 g/mol. The first-order valence-electron chi connectivity index (χ1n) is 5.90. The maximum Gasteiger partial charge on any atom is 0.326 e. The summed E-state index contributed by atoms with van der Waals surface area (Å²) in [6.45, 7) is 0.295. The van der Waals surface area contributed by atoms with E-state index in [1.165, 1.54) is 9.80 Å². The van der Waals surface area contributed by atoms with Gasteiger partial charge in [0.05, 0.1) is 12.6 Å². The maximum absolute atomic E-state index is 12.2. The minimum atomic E-state index is -1.10. The molecule has 0 bridgehead atoms. The van der Waals surface area contributed by atoms with Crippen molar-refractivity contribution in [1.82, 2.24) is 19.8 Å². The van der Waals surface area contributed by atoms with Crippen molar-refractivity contribution in [3.8, 4) is 0 Å². The van der Waals surface area contributed by atoms with Crippen molar-refractivity contribution >= 4 is 12.0 Å². The van der Waals surface area contributed by atoms with Crippen LogP contribution in [0.15, 0.2) is 12.4 Å². The van der Waals surface area contributed by atoms with E-state index in [0.29, 0.717) is 5.82 Å². The molecule has 2 atom stereocenters. The van der Waals surface area contributed by atoms with Crippen molar-refractivity contribution in [1.29, 1.82) is 0 Å². The molecule has 0 radical (unpaired) electrons. The number of carbonyl (C=O) groups excluding carboxylic acids is 1. The third kappa shape index (κ3) is 2.84. The molecule has 1 aliphatic heterocycles. The molecule has 1 aromatic heterocycles. The highest BCUT2D eigenvalue weighted by molar-refractivity contribution is 5.83. The number of nitrogens with one attached hydrogen (secondary N) is 1. The molecular weight excluding hydrogens is 252 g/mol. The Morgan fingerprint density at radius 3 is 2.95 bits per heavy atom. The van der Waals surface area contributed by atoms with Crippen molar-refractivity contribution in [2.45, 2.75) is 25.1 Å². The topological polar surface area (TPSA) is 110 Å². The number of amides is 2. The van der Waals surface area contributed by atoms with Gasteiger partial charge < -0.3 is 25.0 Å². The number of carbonyl (C=O) groups is 2. The monoisotopic (exact) mass is 268 g/mol. The van der Waals surface area contributed by atoms with E-state index in [2.05, 4.69) is 9.97 Å². The molecule has 3 N–H and O–H groups in total. The first-order valence-corrected chi connectivity index (χ1v) is 5.90. The van der Waals surface area contributed by atoms with Crippen molar-refractivity contribution in [3.05, 3.63) is 18.2 Å². The van der Waals surface area contributed by atoms with Gasteiger partial charge >= 0.3 is 12.0 Å². The largest absolute Gasteiger partial charge is 0.480 e. The fraction of sp³-hybridized carbons (Fsp3) is 0.545. The number of hydrogen-bond acceptors (Lipinski definition) is 4. The third-order valence-corrected chi connectivity index (χ3v) is 3.08. The van der Waals surface area contributed by atoms with Gasteiger partial charge in [0, 0.05) is 32.4 Å². The lowest BCUT2D eigenvalue weighted by atomic mass is 10.2. The highest BCUT2D eigenvalue weighted by Crippen LogP contribution is 2.20. The zero-order valence-electron chi connectivity index (χ0n) is 10.5. The summed E-state index contributed by atoms with van der Waals surface area (Å²) < 4.78 is 0. The number of likely N-dealkylation sites (tertiary alicyclic amines) is 1. The molecule has 19 heavy (non-hydrogen) atoms. The van der Waals surface area contributed by atoms with Gasteiger partial charge in [0.25, 0.3) is 0 Å². The lowest BCUT2D eigenvalue weighted by Crippen LogP contribution is -2.46. The van der Waals surface area contributed by atoms with E-state index in [1.54, 1.807) is 19.4 Å². The minimum absolute atomic E-state index is 0.0400. The Morgan fingerprint density at radius 2 is 2.37 bits per heavy atom. The van der Waals surface area contributed by atoms with Gasteiger partial charge in [-0.25, -0.2) is 14.6 Å². The third-order valence-electron chi connectivity index (χ3n) is 3.08. The minimum Gasteiger partial charge on any atom is -0.480 e. The molecule has 1 saturated heterocycles. The molecule has 0 aromatic carbocycles. The van der Waals surface area contributed by atoms with Gasteiger partial charge in [0.2, 0.25) is 0 Å². The van der Waals surface area contributed by atoms with E-state index in [1.807, 2.05) is 0 Å². The van der Waals surface area contributed by atoms with Gasteiger partial charge in [-0.1, -0.05) is 0 Å². The molecule has 8 nitrogen and oxygen atoms in total. The predicted molar refractivity (Wildman–Crippen MR) is 64.2 cm³/mol. The van der Waals surface area contributed by atoms with E-state index < -0.39 is 24.1 Å². The number of aromatic amines is 1. The molecule has 2 heterocycles. The summed E-state index contributed by atoms with van der Waals surface area (Å²) in [6, 6.07) is -1.40. The van der Waals surface area contributed by atoms with E-state index in [-0.39, 0.29) is 19.5 Å². The summed E-state index contributed by atoms with van der Waals surface area (Å²) >= 11 is 0. The molecule has 1 fully saturated rings. The van der Waals surface area contributed by atoms with Crippen molar-refractivity contribution < 1.29 is 19.8 Å². The van der Waals surface area contributed by atoms with Crippen LogP contribution >= 0.6 is 0 Å². The van der Waals surface area contributed by atoms with E-state index in [0.717, 1.165) is 0 Å². The highest BCUT2D eigenvalue weighted by atomic mass is 16.4. The van der Waals surface area contributed by atoms with Gasteiger partial charge in [-0.05, 0) is 0 Å². The van der Waals surface area contributed by atoms with Crippen molar-refractivity contribution in [2.75, 3.05) is 13.6 Å². The number of β-amino-alcohol motifs (C(OH)–C–C–N with tert-alkyl or cyclic N) is 1. The Bertz CT molecular complexity index is 461. The Hall–Kier alpha value is -2.09. The average Bonchev–Trinajstić information content (AvgIpc) is 2.97. The lowest BCUT2D eigenvalue weighted by Gasteiger charge is -2.26. The SMILES string of the molecule is CN(Cc1ncc[nH]1)C(=O)N1CC(O)CC1C(=O)O. The van der Waals surface area contributed by atoms with E-state index >= 15 is 0 Å². The normalized spacial score (nSPS) is 22.5. The smallest absolute Gasteiger partial charge is 0.326 e. The number of imidazole rings is 1. The van der Waals surface area contributed by atoms with Crippen molar-refractivity contribution in [2.24, 2.45) is 0 Å². The zero-order chi connectivity index (χ0) is 14.0. The molecule has 2 unspecified atom stereocenters. The number of aliphatic hydroxyl groups is 1. The maximum atomic E-state index is 12.2. The summed E-state index contributed by atoms with van der Waals surface area (Å²) in [6.07, 6.45) is 2.50. The second-order valence-corrected chi connectivity index (χ2v) is 4.57. The Balaban J connectivity index is 2.03. The van der Waals surface area contributed by atoms with Crippen LogP contribution in [0.3, 0.4) is 0 Å². The highest BCUT2D eigenvalue weighted by Gasteiger charge is 2.40. The quantitative estimate of drug-likeness (QED) is 0.683. The molecule has 0 saturated carbocycles. The summed E-state index contributed by atoms with van der Waals surface area (Å²) in [5, 5.41) is 18.6. The lowest BCUT2D eigenvalue weighted by molar-refractivity contribution is -0.141. The standard InChI is InChI=1S/C11H16N4O4/c1-14(6-9-12-2-3-13-9)11(19)15-5-7(16)4-8(15)10(17)18/h2-3,7-8,16H,4-6H2,1H3,(H,12,13)(H,17,18). The first-order chi connectivity index (χ1) is 8.99. The van der Waals surface area contributed by atoms with Crippen LogP contribution in [0.1, 0.15) is 12.2 Å². The van der Waals surface area contributed by atoms with Crippen LogP contribution in [0.25, 0.3) is 0 Å². The van der Waals surface area contributed by atoms with Gasteiger partial charge in [-0.15, -0.1) is 0 Å². The molecule has 0 aliphatic carbocycles. The van der Waals surface area contributed by atoms with Crippen LogP contribution in [0.2, 0.25) is 0 Å². The van der Waals surface area contributed by atoms with Crippen LogP contribution in [-0.2, 0) is 11.3 Å². The summed E-state index contributed by atoms with van der Waals surface area (Å²) in [7, 11) is 1.56. The summed E-state index contributed by atoms with van der Waals surface area (Å²) in [4.78, 5) is 32.6. The van der Waals surface area contributed by atoms with Gasteiger partial charge in [0.15, 0.2) is 0 Å². The molecule has 1 aromatic rings. The number of rotatable bonds is 3. The number of urea groups is 1. The number of hydrogen-bond donors (Lipinski definition) is 3. The van der Waals surface area contributed by atoms with Gasteiger partial charge in [-0.3, -0.25) is 0 Å². The molecule has 104 valence electrons. The van der Waals surface area contributed by atoms with Gasteiger partial charge in [0.1, 0.15) is 11.9 Å². The summed E-state index contributed by atoms with van der Waals surface area (Å²) in [5.41, 5.74) is 0. The van der Waals surface area contributed by atoms with Gasteiger partial charge in [-0.2, -0.15) is 0 Å². The Labute approximate surface area is 109 Å². The van der Waals surface area contributed by atoms with E-state index in [9.17, 15) is 14.7 Å². The first kappa shape index (κ1) is 13.3. The van der Waals surface area contributed by atoms with Crippen LogP contribution in [0, 0.1) is 0 Å². The van der Waals surface area contributed by atoms with E-state index in [4.69, 9.17) is 5.11 Å². The second kappa shape index (κ2) is 5.27. The molecule has 1 aliphatic rings. The molecular formula is C11H16N4O4. The molecule has 2 amide bonds. The molecule has 2 rings (SSSR count). The van der Waals surface area contributed by atoms with Crippen LogP contribution in [0.4, 0.5) is 4.79 Å². The van der Waals surface area contributed by atoms with Crippen LogP contribution < -0.4 is 0 Å². The zero-order valence-corrected chi connectivity index (χ0v) is 10.5. The van der Waals surface area contributed by atoms with Crippen LogP contribution in [-0.4, -0.2) is 67.7 Å². The number of nitrogens with zero attached hydrogens (tertiary/aromatic N) is 3. The predicted octanol–water partition coefficient (Wildman–Crippen LogP) is -0.519. The fourth-order valence-electron chi connectivity index (χ4n) is 2.16. The number of carboxylic acid groups (broad SMARTS) is 1. The number of carboxylic acids is 1. The molecule has 8 heteroatoms. The van der Waals surface area contributed by atoms with Crippen molar-refractivity contribution in [3.63, 3.8) is 0 Å². The Kier molecular flexibility index (Phi) is 3.70. The number of aromatic nitrogens is 2. The Morgan fingerprint density at radius 1 is 1.63 bits per heavy atom. The second-order valence-electron chi connectivity index (χ2n) is 4.57. The van der Waals surface area contributed by atoms with Crippen LogP contribution in [0.5, 0.6) is 0 Å². The summed E-state index contributed by atoms with van der Waals surface area (Å²) in [5.74, 6) is -0.487. The number of aliphatic hydroxyl groups excluding tert-OH is 1. The fourth-order valence-corrected chi connectivity index (χ4v) is 2.16. The number of H-pyrrole nitrogens is 1. The number of aliphatic carboxylic acids is 1.